The lowest BCUT2D eigenvalue weighted by Gasteiger charge is -2.35. The number of rotatable bonds is 4. The molecule has 5 rings (SSSR count). The molecule has 6 nitrogen and oxygen atoms in total. The maximum absolute atomic E-state index is 12.7. The summed E-state index contributed by atoms with van der Waals surface area (Å²) >= 11 is 0. The van der Waals surface area contributed by atoms with Crippen LogP contribution in [0.2, 0.25) is 0 Å². The van der Waals surface area contributed by atoms with E-state index in [0.717, 1.165) is 24.0 Å². The first-order valence-electron chi connectivity index (χ1n) is 10.3. The van der Waals surface area contributed by atoms with Crippen molar-refractivity contribution in [1.82, 2.24) is 9.88 Å². The lowest BCUT2D eigenvalue weighted by Crippen LogP contribution is -2.50. The molecule has 6 heteroatoms. The highest BCUT2D eigenvalue weighted by atomic mass is 16.5. The van der Waals surface area contributed by atoms with Crippen molar-refractivity contribution in [3.63, 3.8) is 0 Å². The van der Waals surface area contributed by atoms with Crippen LogP contribution in [0.5, 0.6) is 0 Å². The molecule has 0 N–H and O–H groups in total. The van der Waals surface area contributed by atoms with Crippen LogP contribution >= 0.6 is 0 Å². The Labute approximate surface area is 175 Å². The van der Waals surface area contributed by atoms with Crippen LogP contribution in [0.25, 0.3) is 10.8 Å². The summed E-state index contributed by atoms with van der Waals surface area (Å²) in [4.78, 5) is 33.6. The topological polar surface area (TPSA) is 62.7 Å². The summed E-state index contributed by atoms with van der Waals surface area (Å²) in [5.41, 5.74) is 3.09. The second kappa shape index (κ2) is 7.78. The molecule has 152 valence electrons. The Morgan fingerprint density at radius 3 is 2.47 bits per heavy atom. The maximum atomic E-state index is 12.7. The molecule has 0 unspecified atom stereocenters. The number of aromatic nitrogens is 1. The summed E-state index contributed by atoms with van der Waals surface area (Å²) in [5.74, 6) is 0.323. The van der Waals surface area contributed by atoms with Crippen molar-refractivity contribution in [3.8, 4) is 0 Å². The standard InChI is InChI=1S/C24H23N3O3/c28-22(27-14-12-26(13-15-27)21-6-1-2-11-25-21)16-30-24(29)20-10-9-18-8-7-17-4-3-5-19(20)23(17)18/h1-6,9-11H,7-8,12-16H2. The number of hydrogen-bond donors (Lipinski definition) is 0. The van der Waals surface area contributed by atoms with Crippen molar-refractivity contribution in [2.45, 2.75) is 12.8 Å². The molecule has 1 saturated heterocycles. The van der Waals surface area contributed by atoms with Gasteiger partial charge in [0.25, 0.3) is 5.91 Å². The van der Waals surface area contributed by atoms with E-state index in [2.05, 4.69) is 16.0 Å². The van der Waals surface area contributed by atoms with Crippen LogP contribution in [-0.2, 0) is 22.4 Å². The smallest absolute Gasteiger partial charge is 0.339 e. The first-order valence-corrected chi connectivity index (χ1v) is 10.3. The molecule has 30 heavy (non-hydrogen) atoms. The van der Waals surface area contributed by atoms with Gasteiger partial charge in [-0.25, -0.2) is 9.78 Å². The van der Waals surface area contributed by atoms with Crippen molar-refractivity contribution < 1.29 is 14.3 Å². The largest absolute Gasteiger partial charge is 0.452 e. The van der Waals surface area contributed by atoms with Crippen molar-refractivity contribution in [3.05, 3.63) is 71.4 Å². The number of carbonyl (C=O) groups is 2. The van der Waals surface area contributed by atoms with Crippen LogP contribution in [-0.4, -0.2) is 54.5 Å². The molecule has 3 aromatic rings. The van der Waals surface area contributed by atoms with E-state index in [0.29, 0.717) is 31.7 Å². The third-order valence-electron chi connectivity index (χ3n) is 6.03. The number of piperazine rings is 1. The van der Waals surface area contributed by atoms with Gasteiger partial charge in [0.2, 0.25) is 0 Å². The van der Waals surface area contributed by atoms with Crippen molar-refractivity contribution in [2.75, 3.05) is 37.7 Å². The number of benzene rings is 2. The van der Waals surface area contributed by atoms with Gasteiger partial charge in [0, 0.05) is 32.4 Å². The van der Waals surface area contributed by atoms with Crippen LogP contribution in [0.3, 0.4) is 0 Å². The van der Waals surface area contributed by atoms with Gasteiger partial charge in [-0.3, -0.25) is 4.79 Å². The number of esters is 1. The Balaban J connectivity index is 1.21. The molecule has 0 bridgehead atoms. The van der Waals surface area contributed by atoms with E-state index in [9.17, 15) is 9.59 Å². The second-order valence-corrected chi connectivity index (χ2v) is 7.74. The number of amides is 1. The van der Waals surface area contributed by atoms with E-state index >= 15 is 0 Å². The average molecular weight is 401 g/mol. The van der Waals surface area contributed by atoms with E-state index in [4.69, 9.17) is 4.74 Å². The molecular formula is C24H23N3O3. The van der Waals surface area contributed by atoms with Gasteiger partial charge in [0.1, 0.15) is 5.82 Å². The molecule has 1 aromatic heterocycles. The van der Waals surface area contributed by atoms with E-state index in [1.54, 1.807) is 11.1 Å². The normalized spacial score (nSPS) is 15.5. The molecule has 1 aliphatic heterocycles. The zero-order valence-electron chi connectivity index (χ0n) is 16.7. The molecular weight excluding hydrogens is 378 g/mol. The van der Waals surface area contributed by atoms with Gasteiger partial charge < -0.3 is 14.5 Å². The Kier molecular flexibility index (Phi) is 4.83. The van der Waals surface area contributed by atoms with Gasteiger partial charge in [-0.05, 0) is 52.9 Å². The fraction of sp³-hybridized carbons (Fsp3) is 0.292. The van der Waals surface area contributed by atoms with E-state index in [1.165, 1.54) is 16.5 Å². The SMILES string of the molecule is O=C(OCC(=O)N1CCN(c2ccccn2)CC1)c1ccc2c3c(cccc13)CC2. The highest BCUT2D eigenvalue weighted by molar-refractivity contribution is 6.07. The van der Waals surface area contributed by atoms with Crippen LogP contribution < -0.4 is 4.90 Å². The number of aryl methyl sites for hydroxylation is 2. The lowest BCUT2D eigenvalue weighted by atomic mass is 10.00. The van der Waals surface area contributed by atoms with Crippen LogP contribution in [0.1, 0.15) is 21.5 Å². The van der Waals surface area contributed by atoms with Crippen molar-refractivity contribution in [2.24, 2.45) is 0 Å². The Morgan fingerprint density at radius 1 is 0.900 bits per heavy atom. The predicted octanol–water partition coefficient (Wildman–Crippen LogP) is 2.84. The fourth-order valence-corrected chi connectivity index (χ4v) is 4.45. The van der Waals surface area contributed by atoms with Gasteiger partial charge in [0.15, 0.2) is 6.61 Å². The van der Waals surface area contributed by atoms with Crippen LogP contribution in [0.4, 0.5) is 5.82 Å². The summed E-state index contributed by atoms with van der Waals surface area (Å²) in [5, 5.41) is 2.09. The van der Waals surface area contributed by atoms with Crippen LogP contribution in [0.15, 0.2) is 54.7 Å². The highest BCUT2D eigenvalue weighted by Gasteiger charge is 2.24. The number of nitrogens with zero attached hydrogens (tertiary/aromatic N) is 3. The number of pyridine rings is 1. The zero-order valence-corrected chi connectivity index (χ0v) is 16.7. The molecule has 1 amide bonds. The van der Waals surface area contributed by atoms with Crippen LogP contribution in [0, 0.1) is 0 Å². The molecule has 0 atom stereocenters. The monoisotopic (exact) mass is 401 g/mol. The van der Waals surface area contributed by atoms with Crippen molar-refractivity contribution >= 4 is 28.5 Å². The van der Waals surface area contributed by atoms with E-state index < -0.39 is 5.97 Å². The lowest BCUT2D eigenvalue weighted by molar-refractivity contribution is -0.134. The minimum atomic E-state index is -0.439. The summed E-state index contributed by atoms with van der Waals surface area (Å²) in [6.45, 7) is 2.38. The molecule has 0 radical (unpaired) electrons. The molecule has 2 aliphatic rings. The summed E-state index contributed by atoms with van der Waals surface area (Å²) < 4.78 is 5.41. The molecule has 1 fully saturated rings. The van der Waals surface area contributed by atoms with E-state index in [1.807, 2.05) is 42.5 Å². The molecule has 2 heterocycles. The van der Waals surface area contributed by atoms with E-state index in [-0.39, 0.29) is 12.5 Å². The van der Waals surface area contributed by atoms with Gasteiger partial charge in [-0.2, -0.15) is 0 Å². The van der Waals surface area contributed by atoms with Gasteiger partial charge >= 0.3 is 5.97 Å². The highest BCUT2D eigenvalue weighted by Crippen LogP contribution is 2.33. The third kappa shape index (κ3) is 3.38. The van der Waals surface area contributed by atoms with Gasteiger partial charge in [-0.15, -0.1) is 0 Å². The van der Waals surface area contributed by atoms with Gasteiger partial charge in [-0.1, -0.05) is 30.3 Å². The molecule has 1 aliphatic carbocycles. The maximum Gasteiger partial charge on any atom is 0.339 e. The third-order valence-corrected chi connectivity index (χ3v) is 6.03. The molecule has 0 spiro atoms. The molecule has 2 aromatic carbocycles. The van der Waals surface area contributed by atoms with Crippen molar-refractivity contribution in [1.29, 1.82) is 0 Å². The fourth-order valence-electron chi connectivity index (χ4n) is 4.45. The molecule has 0 saturated carbocycles. The quantitative estimate of drug-likeness (QED) is 0.629. The number of carbonyl (C=O) groups excluding carboxylic acids is 2. The average Bonchev–Trinajstić information content (AvgIpc) is 3.23. The first-order chi connectivity index (χ1) is 14.7. The number of anilines is 1. The Morgan fingerprint density at radius 2 is 1.70 bits per heavy atom. The summed E-state index contributed by atoms with van der Waals surface area (Å²) in [6, 6.07) is 15.7. The number of hydrogen-bond acceptors (Lipinski definition) is 5. The summed E-state index contributed by atoms with van der Waals surface area (Å²) in [7, 11) is 0. The predicted molar refractivity (Wildman–Crippen MR) is 115 cm³/mol. The van der Waals surface area contributed by atoms with Gasteiger partial charge in [0.05, 0.1) is 5.56 Å². The Bertz CT molecular complexity index is 1100. The minimum Gasteiger partial charge on any atom is -0.452 e. The zero-order chi connectivity index (χ0) is 20.5. The Hall–Kier alpha value is -3.41. The summed E-state index contributed by atoms with van der Waals surface area (Å²) in [6.07, 6.45) is 3.79. The number of ether oxygens (including phenoxy) is 1. The first kappa shape index (κ1) is 18.6. The second-order valence-electron chi connectivity index (χ2n) is 7.74. The minimum absolute atomic E-state index is 0.157.